The molecule has 0 unspecified atom stereocenters. The molecule has 13 heavy (non-hydrogen) atoms. The van der Waals surface area contributed by atoms with E-state index in [0.717, 1.165) is 29.6 Å². The number of nitrogen functional groups attached to an aromatic ring is 1. The highest BCUT2D eigenvalue weighted by atomic mass is 32.1. The molecule has 0 aliphatic heterocycles. The standard InChI is InChI=1S/C8H15N3OS/c1-2-11(4-3-5-12)8-10-6-7(9)13-8/h6,12H,2-5,9H2,1H3. The fourth-order valence-electron chi connectivity index (χ4n) is 1.07. The molecule has 0 atom stereocenters. The number of nitrogens with two attached hydrogens (primary N) is 1. The van der Waals surface area contributed by atoms with Gasteiger partial charge < -0.3 is 15.7 Å². The van der Waals surface area contributed by atoms with Crippen LogP contribution in [0.25, 0.3) is 0 Å². The number of thiazole rings is 1. The number of hydrogen-bond donors (Lipinski definition) is 2. The number of aromatic nitrogens is 1. The van der Waals surface area contributed by atoms with Gasteiger partial charge in [-0.15, -0.1) is 0 Å². The SMILES string of the molecule is CCN(CCCO)c1ncc(N)s1. The molecular formula is C8H15N3OS. The third-order valence-corrected chi connectivity index (χ3v) is 2.64. The van der Waals surface area contributed by atoms with E-state index >= 15 is 0 Å². The Morgan fingerprint density at radius 2 is 2.46 bits per heavy atom. The smallest absolute Gasteiger partial charge is 0.187 e. The average molecular weight is 201 g/mol. The van der Waals surface area contributed by atoms with Gasteiger partial charge in [-0.05, 0) is 13.3 Å². The summed E-state index contributed by atoms with van der Waals surface area (Å²) >= 11 is 1.48. The molecule has 0 amide bonds. The van der Waals surface area contributed by atoms with Gasteiger partial charge in [-0.2, -0.15) is 0 Å². The molecule has 1 rings (SSSR count). The van der Waals surface area contributed by atoms with Crippen molar-refractivity contribution in [1.29, 1.82) is 0 Å². The minimum atomic E-state index is 0.220. The largest absolute Gasteiger partial charge is 0.396 e. The zero-order chi connectivity index (χ0) is 9.68. The van der Waals surface area contributed by atoms with Crippen molar-refractivity contribution in [2.24, 2.45) is 0 Å². The van der Waals surface area contributed by atoms with Gasteiger partial charge in [0.2, 0.25) is 0 Å². The van der Waals surface area contributed by atoms with Gasteiger partial charge in [-0.3, -0.25) is 0 Å². The molecule has 3 N–H and O–H groups in total. The van der Waals surface area contributed by atoms with Gasteiger partial charge in [-0.1, -0.05) is 11.3 Å². The second kappa shape index (κ2) is 5.04. The molecule has 0 fully saturated rings. The van der Waals surface area contributed by atoms with E-state index in [9.17, 15) is 0 Å². The summed E-state index contributed by atoms with van der Waals surface area (Å²) < 4.78 is 0. The van der Waals surface area contributed by atoms with E-state index in [1.54, 1.807) is 6.20 Å². The van der Waals surface area contributed by atoms with Gasteiger partial charge in [0.25, 0.3) is 0 Å². The summed E-state index contributed by atoms with van der Waals surface area (Å²) in [5, 5.41) is 10.4. The van der Waals surface area contributed by atoms with E-state index in [-0.39, 0.29) is 6.61 Å². The molecule has 74 valence electrons. The zero-order valence-corrected chi connectivity index (χ0v) is 8.55. The Labute approximate surface area is 82.0 Å². The second-order valence-corrected chi connectivity index (χ2v) is 3.74. The first-order valence-electron chi connectivity index (χ1n) is 4.35. The molecule has 0 bridgehead atoms. The summed E-state index contributed by atoms with van der Waals surface area (Å²) in [6.07, 6.45) is 2.44. The maximum atomic E-state index is 8.69. The lowest BCUT2D eigenvalue weighted by Crippen LogP contribution is -2.24. The average Bonchev–Trinajstić information content (AvgIpc) is 2.54. The van der Waals surface area contributed by atoms with Crippen LogP contribution in [0, 0.1) is 0 Å². The van der Waals surface area contributed by atoms with E-state index in [2.05, 4.69) is 16.8 Å². The van der Waals surface area contributed by atoms with Crippen LogP contribution in [0.5, 0.6) is 0 Å². The van der Waals surface area contributed by atoms with Crippen LogP contribution >= 0.6 is 11.3 Å². The summed E-state index contributed by atoms with van der Waals surface area (Å²) in [7, 11) is 0. The number of aliphatic hydroxyl groups is 1. The Hall–Kier alpha value is -0.810. The fourth-order valence-corrected chi connectivity index (χ4v) is 1.84. The predicted octanol–water partition coefficient (Wildman–Crippen LogP) is 0.934. The minimum Gasteiger partial charge on any atom is -0.396 e. The molecule has 0 aromatic carbocycles. The lowest BCUT2D eigenvalue weighted by Gasteiger charge is -2.18. The van der Waals surface area contributed by atoms with Crippen LogP contribution < -0.4 is 10.6 Å². The monoisotopic (exact) mass is 201 g/mol. The van der Waals surface area contributed by atoms with Gasteiger partial charge in [0.05, 0.1) is 6.20 Å². The quantitative estimate of drug-likeness (QED) is 0.744. The summed E-state index contributed by atoms with van der Waals surface area (Å²) in [4.78, 5) is 6.29. The number of hydrogen-bond acceptors (Lipinski definition) is 5. The van der Waals surface area contributed by atoms with Crippen molar-refractivity contribution in [3.8, 4) is 0 Å². The molecule has 0 saturated heterocycles. The maximum Gasteiger partial charge on any atom is 0.187 e. The molecule has 0 spiro atoms. The van der Waals surface area contributed by atoms with Crippen molar-refractivity contribution >= 4 is 21.5 Å². The van der Waals surface area contributed by atoms with Gasteiger partial charge in [0, 0.05) is 19.7 Å². The molecule has 0 radical (unpaired) electrons. The van der Waals surface area contributed by atoms with Gasteiger partial charge in [0.1, 0.15) is 5.00 Å². The molecule has 1 aromatic heterocycles. The Morgan fingerprint density at radius 1 is 1.69 bits per heavy atom. The third-order valence-electron chi connectivity index (χ3n) is 1.75. The fraction of sp³-hybridized carbons (Fsp3) is 0.625. The highest BCUT2D eigenvalue weighted by molar-refractivity contribution is 7.19. The van der Waals surface area contributed by atoms with Crippen molar-refractivity contribution < 1.29 is 5.11 Å². The van der Waals surface area contributed by atoms with E-state index in [4.69, 9.17) is 10.8 Å². The van der Waals surface area contributed by atoms with Crippen LogP contribution in [0.2, 0.25) is 0 Å². The summed E-state index contributed by atoms with van der Waals surface area (Å²) in [6.45, 7) is 4.01. The number of aliphatic hydroxyl groups excluding tert-OH is 1. The minimum absolute atomic E-state index is 0.220. The van der Waals surface area contributed by atoms with Crippen LogP contribution in [-0.2, 0) is 0 Å². The van der Waals surface area contributed by atoms with Gasteiger partial charge >= 0.3 is 0 Å². The summed E-state index contributed by atoms with van der Waals surface area (Å²) in [5.74, 6) is 0. The third kappa shape index (κ3) is 2.86. The van der Waals surface area contributed by atoms with Crippen LogP contribution in [0.1, 0.15) is 13.3 Å². The first-order valence-corrected chi connectivity index (χ1v) is 5.16. The predicted molar refractivity (Wildman–Crippen MR) is 56.1 cm³/mol. The van der Waals surface area contributed by atoms with Crippen LogP contribution in [0.3, 0.4) is 0 Å². The topological polar surface area (TPSA) is 62.4 Å². The molecule has 0 aliphatic carbocycles. The van der Waals surface area contributed by atoms with E-state index < -0.39 is 0 Å². The van der Waals surface area contributed by atoms with Crippen molar-refractivity contribution in [3.63, 3.8) is 0 Å². The maximum absolute atomic E-state index is 8.69. The van der Waals surface area contributed by atoms with Crippen molar-refractivity contribution in [2.75, 3.05) is 30.3 Å². The van der Waals surface area contributed by atoms with Gasteiger partial charge in [-0.25, -0.2) is 4.98 Å². The molecular weight excluding hydrogens is 186 g/mol. The second-order valence-electron chi connectivity index (χ2n) is 2.70. The van der Waals surface area contributed by atoms with Crippen molar-refractivity contribution in [2.45, 2.75) is 13.3 Å². The van der Waals surface area contributed by atoms with Crippen LogP contribution in [0.4, 0.5) is 10.1 Å². The Bertz CT molecular complexity index is 251. The zero-order valence-electron chi connectivity index (χ0n) is 7.73. The molecule has 1 aromatic rings. The summed E-state index contributed by atoms with van der Waals surface area (Å²) in [5.41, 5.74) is 5.58. The van der Waals surface area contributed by atoms with Crippen molar-refractivity contribution in [1.82, 2.24) is 4.98 Å². The van der Waals surface area contributed by atoms with Gasteiger partial charge in [0.15, 0.2) is 5.13 Å². The highest BCUT2D eigenvalue weighted by Crippen LogP contribution is 2.23. The number of anilines is 2. The Morgan fingerprint density at radius 3 is 2.92 bits per heavy atom. The Balaban J connectivity index is 2.56. The molecule has 5 heteroatoms. The van der Waals surface area contributed by atoms with E-state index in [1.807, 2.05) is 0 Å². The highest BCUT2D eigenvalue weighted by Gasteiger charge is 2.07. The molecule has 4 nitrogen and oxygen atoms in total. The lowest BCUT2D eigenvalue weighted by molar-refractivity contribution is 0.289. The number of nitrogens with zero attached hydrogens (tertiary/aromatic N) is 2. The normalized spacial score (nSPS) is 10.3. The lowest BCUT2D eigenvalue weighted by atomic mass is 10.4. The first kappa shape index (κ1) is 10.3. The van der Waals surface area contributed by atoms with E-state index in [0.29, 0.717) is 0 Å². The van der Waals surface area contributed by atoms with Crippen LogP contribution in [0.15, 0.2) is 6.20 Å². The van der Waals surface area contributed by atoms with E-state index in [1.165, 1.54) is 11.3 Å². The molecule has 0 aliphatic rings. The Kier molecular flexibility index (Phi) is 3.98. The number of rotatable bonds is 5. The first-order chi connectivity index (χ1) is 6.27. The molecule has 1 heterocycles. The van der Waals surface area contributed by atoms with Crippen molar-refractivity contribution in [3.05, 3.63) is 6.20 Å². The summed E-state index contributed by atoms with van der Waals surface area (Å²) in [6, 6.07) is 0. The van der Waals surface area contributed by atoms with Crippen LogP contribution in [-0.4, -0.2) is 29.8 Å². The molecule has 0 saturated carbocycles.